The lowest BCUT2D eigenvalue weighted by Gasteiger charge is -2.34. The Kier molecular flexibility index (Phi) is 5.55. The van der Waals surface area contributed by atoms with E-state index in [9.17, 15) is 8.42 Å². The number of hydrogen-bond donors (Lipinski definition) is 1. The summed E-state index contributed by atoms with van der Waals surface area (Å²) < 4.78 is 29.2. The standard InChI is InChI=1S/C18H25N5O2S/c1-22(2)13-17-19-20-18(23(17)3)15-11-16(12-15)21-26(24,25)10-9-14-7-5-4-6-8-14/h4-10,15-16,21H,11-13H2,1-3H3/b10-9+. The molecule has 8 heteroatoms. The van der Waals surface area contributed by atoms with Crippen LogP contribution in [0.3, 0.4) is 0 Å². The molecular weight excluding hydrogens is 350 g/mol. The van der Waals surface area contributed by atoms with Gasteiger partial charge in [0.05, 0.1) is 6.54 Å². The Morgan fingerprint density at radius 3 is 2.58 bits per heavy atom. The van der Waals surface area contributed by atoms with Gasteiger partial charge in [0.2, 0.25) is 10.0 Å². The van der Waals surface area contributed by atoms with E-state index in [2.05, 4.69) is 14.9 Å². The summed E-state index contributed by atoms with van der Waals surface area (Å²) in [5.74, 6) is 2.09. The Morgan fingerprint density at radius 1 is 1.23 bits per heavy atom. The number of nitrogens with zero attached hydrogens (tertiary/aromatic N) is 4. The molecule has 0 bridgehead atoms. The summed E-state index contributed by atoms with van der Waals surface area (Å²) >= 11 is 0. The monoisotopic (exact) mass is 375 g/mol. The number of aromatic nitrogens is 3. The van der Waals surface area contributed by atoms with E-state index >= 15 is 0 Å². The van der Waals surface area contributed by atoms with Crippen LogP contribution in [0.5, 0.6) is 0 Å². The fraction of sp³-hybridized carbons (Fsp3) is 0.444. The summed E-state index contributed by atoms with van der Waals surface area (Å²) in [6, 6.07) is 9.33. The molecule has 0 saturated heterocycles. The second-order valence-electron chi connectivity index (χ2n) is 7.01. The summed E-state index contributed by atoms with van der Waals surface area (Å²) in [5.41, 5.74) is 0.858. The smallest absolute Gasteiger partial charge is 0.233 e. The number of rotatable bonds is 7. The second-order valence-corrected chi connectivity index (χ2v) is 8.61. The summed E-state index contributed by atoms with van der Waals surface area (Å²) in [7, 11) is 2.50. The second kappa shape index (κ2) is 7.69. The van der Waals surface area contributed by atoms with Gasteiger partial charge in [-0.2, -0.15) is 0 Å². The highest BCUT2D eigenvalue weighted by molar-refractivity contribution is 7.92. The Labute approximate surface area is 154 Å². The fourth-order valence-electron chi connectivity index (χ4n) is 3.08. The average Bonchev–Trinajstić information content (AvgIpc) is 2.90. The Morgan fingerprint density at radius 2 is 1.92 bits per heavy atom. The van der Waals surface area contributed by atoms with Crippen molar-refractivity contribution in [1.82, 2.24) is 24.4 Å². The summed E-state index contributed by atoms with van der Waals surface area (Å²) in [6.07, 6.45) is 3.09. The van der Waals surface area contributed by atoms with E-state index in [0.717, 1.165) is 36.6 Å². The third kappa shape index (κ3) is 4.57. The van der Waals surface area contributed by atoms with Crippen molar-refractivity contribution in [1.29, 1.82) is 0 Å². The molecule has 140 valence electrons. The van der Waals surface area contributed by atoms with Gasteiger partial charge < -0.3 is 9.47 Å². The molecule has 1 aromatic carbocycles. The zero-order valence-electron chi connectivity index (χ0n) is 15.3. The van der Waals surface area contributed by atoms with Crippen molar-refractivity contribution in [2.24, 2.45) is 7.05 Å². The van der Waals surface area contributed by atoms with Crippen molar-refractivity contribution in [2.45, 2.75) is 31.3 Å². The summed E-state index contributed by atoms with van der Waals surface area (Å²) in [5, 5.41) is 9.77. The van der Waals surface area contributed by atoms with Crippen molar-refractivity contribution < 1.29 is 8.42 Å². The average molecular weight is 375 g/mol. The molecule has 0 unspecified atom stereocenters. The predicted molar refractivity (Wildman–Crippen MR) is 102 cm³/mol. The highest BCUT2D eigenvalue weighted by Crippen LogP contribution is 2.36. The van der Waals surface area contributed by atoms with E-state index < -0.39 is 10.0 Å². The summed E-state index contributed by atoms with van der Waals surface area (Å²) in [6.45, 7) is 0.733. The molecule has 3 rings (SSSR count). The highest BCUT2D eigenvalue weighted by atomic mass is 32.2. The molecule has 0 aliphatic heterocycles. The minimum absolute atomic E-state index is 0.0561. The first-order valence-electron chi connectivity index (χ1n) is 8.62. The van der Waals surface area contributed by atoms with Gasteiger partial charge in [0, 0.05) is 24.4 Å². The Hall–Kier alpha value is -2.03. The molecule has 1 aliphatic rings. The van der Waals surface area contributed by atoms with Gasteiger partial charge in [-0.1, -0.05) is 30.3 Å². The highest BCUT2D eigenvalue weighted by Gasteiger charge is 2.35. The molecule has 7 nitrogen and oxygen atoms in total. The number of hydrogen-bond acceptors (Lipinski definition) is 5. The molecule has 1 aliphatic carbocycles. The molecule has 0 radical (unpaired) electrons. The van der Waals surface area contributed by atoms with Gasteiger partial charge in [-0.15, -0.1) is 10.2 Å². The van der Waals surface area contributed by atoms with Crippen molar-refractivity contribution in [3.05, 3.63) is 53.0 Å². The van der Waals surface area contributed by atoms with Crippen LogP contribution in [-0.4, -0.2) is 48.2 Å². The molecule has 1 fully saturated rings. The topological polar surface area (TPSA) is 80.1 Å². The maximum atomic E-state index is 12.2. The first kappa shape index (κ1) is 18.8. The quantitative estimate of drug-likeness (QED) is 0.797. The maximum Gasteiger partial charge on any atom is 0.233 e. The van der Waals surface area contributed by atoms with Crippen molar-refractivity contribution in [3.8, 4) is 0 Å². The van der Waals surface area contributed by atoms with Crippen LogP contribution in [0.4, 0.5) is 0 Å². The van der Waals surface area contributed by atoms with Crippen LogP contribution in [0.25, 0.3) is 6.08 Å². The lowest BCUT2D eigenvalue weighted by Crippen LogP contribution is -2.43. The SMILES string of the molecule is CN(C)Cc1nnc(C2CC(NS(=O)(=O)/C=C/c3ccccc3)C2)n1C. The van der Waals surface area contributed by atoms with E-state index in [-0.39, 0.29) is 12.0 Å². The van der Waals surface area contributed by atoms with E-state index in [1.807, 2.05) is 60.9 Å². The molecule has 0 amide bonds. The molecule has 1 heterocycles. The lowest BCUT2D eigenvalue weighted by atomic mass is 9.80. The minimum Gasteiger partial charge on any atom is -0.317 e. The lowest BCUT2D eigenvalue weighted by molar-refractivity contribution is 0.308. The van der Waals surface area contributed by atoms with E-state index in [1.54, 1.807) is 6.08 Å². The minimum atomic E-state index is -3.45. The molecule has 1 N–H and O–H groups in total. The predicted octanol–water partition coefficient (Wildman–Crippen LogP) is 1.71. The molecule has 1 aromatic heterocycles. The number of sulfonamides is 1. The van der Waals surface area contributed by atoms with Crippen LogP contribution in [0.15, 0.2) is 35.7 Å². The van der Waals surface area contributed by atoms with Crippen LogP contribution >= 0.6 is 0 Å². The van der Waals surface area contributed by atoms with Gasteiger partial charge in [-0.25, -0.2) is 13.1 Å². The van der Waals surface area contributed by atoms with E-state index in [0.29, 0.717) is 0 Å². The van der Waals surface area contributed by atoms with Crippen molar-refractivity contribution in [2.75, 3.05) is 14.1 Å². The first-order chi connectivity index (χ1) is 12.3. The fourth-order valence-corrected chi connectivity index (χ4v) is 4.15. The molecular formula is C18H25N5O2S. The van der Waals surface area contributed by atoms with E-state index in [1.165, 1.54) is 5.41 Å². The molecule has 0 spiro atoms. The van der Waals surface area contributed by atoms with Gasteiger partial charge in [0.25, 0.3) is 0 Å². The van der Waals surface area contributed by atoms with Crippen LogP contribution in [0.2, 0.25) is 0 Å². The van der Waals surface area contributed by atoms with Gasteiger partial charge in [0.1, 0.15) is 11.6 Å². The third-order valence-electron chi connectivity index (χ3n) is 4.53. The molecule has 26 heavy (non-hydrogen) atoms. The van der Waals surface area contributed by atoms with Crippen LogP contribution < -0.4 is 4.72 Å². The zero-order valence-corrected chi connectivity index (χ0v) is 16.1. The molecule has 2 aromatic rings. The normalized spacial score (nSPS) is 20.6. The van der Waals surface area contributed by atoms with Gasteiger partial charge in [-0.3, -0.25) is 0 Å². The Balaban J connectivity index is 1.55. The van der Waals surface area contributed by atoms with Crippen LogP contribution in [0, 0.1) is 0 Å². The molecule has 1 saturated carbocycles. The zero-order chi connectivity index (χ0) is 18.7. The van der Waals surface area contributed by atoms with Crippen molar-refractivity contribution in [3.63, 3.8) is 0 Å². The largest absolute Gasteiger partial charge is 0.317 e. The first-order valence-corrected chi connectivity index (χ1v) is 10.2. The van der Waals surface area contributed by atoms with Gasteiger partial charge in [-0.05, 0) is 38.6 Å². The van der Waals surface area contributed by atoms with Gasteiger partial charge in [0.15, 0.2) is 0 Å². The number of benzene rings is 1. The number of nitrogens with one attached hydrogen (secondary N) is 1. The maximum absolute atomic E-state index is 12.2. The summed E-state index contributed by atoms with van der Waals surface area (Å²) in [4.78, 5) is 2.05. The molecule has 0 atom stereocenters. The van der Waals surface area contributed by atoms with Crippen LogP contribution in [0.1, 0.15) is 36.0 Å². The Bertz CT molecular complexity index is 868. The van der Waals surface area contributed by atoms with Crippen LogP contribution in [-0.2, 0) is 23.6 Å². The van der Waals surface area contributed by atoms with Crippen molar-refractivity contribution >= 4 is 16.1 Å². The van der Waals surface area contributed by atoms with Gasteiger partial charge >= 0.3 is 0 Å². The van der Waals surface area contributed by atoms with E-state index in [4.69, 9.17) is 0 Å². The third-order valence-corrected chi connectivity index (χ3v) is 5.69.